The van der Waals surface area contributed by atoms with Gasteiger partial charge in [0.2, 0.25) is 16.9 Å². The Balaban J connectivity index is 1.97. The fourth-order valence-corrected chi connectivity index (χ4v) is 1.73. The molecule has 84 valence electrons. The number of anilines is 1. The monoisotopic (exact) mass is 240 g/mol. The molecule has 0 saturated heterocycles. The fraction of sp³-hybridized carbons (Fsp3) is 0.125. The van der Waals surface area contributed by atoms with Crippen LogP contribution < -0.4 is 5.73 Å². The van der Waals surface area contributed by atoms with E-state index < -0.39 is 5.97 Å². The number of aromatic nitrogens is 3. The van der Waals surface area contributed by atoms with Crippen LogP contribution in [0.4, 0.5) is 5.95 Å². The summed E-state index contributed by atoms with van der Waals surface area (Å²) in [5.74, 6) is 0.0762. The molecular weight excluding hydrogens is 232 g/mol. The highest BCUT2D eigenvalue weighted by molar-refractivity contribution is 7.98. The molecule has 0 fully saturated rings. The first kappa shape index (κ1) is 10.6. The summed E-state index contributed by atoms with van der Waals surface area (Å²) in [5, 5.41) is 15.4. The first-order chi connectivity index (χ1) is 7.65. The van der Waals surface area contributed by atoms with Crippen molar-refractivity contribution in [3.8, 4) is 0 Å². The molecule has 2 rings (SSSR count). The van der Waals surface area contributed by atoms with Crippen LogP contribution in [-0.2, 0) is 5.75 Å². The summed E-state index contributed by atoms with van der Waals surface area (Å²) in [6.45, 7) is 0. The van der Waals surface area contributed by atoms with E-state index in [4.69, 9.17) is 15.3 Å². The molecule has 4 N–H and O–H groups in total. The number of hydrogen-bond acceptors (Lipinski definition) is 6. The van der Waals surface area contributed by atoms with Gasteiger partial charge < -0.3 is 15.3 Å². The number of nitrogens with two attached hydrogens (primary N) is 1. The van der Waals surface area contributed by atoms with Crippen molar-refractivity contribution in [2.24, 2.45) is 0 Å². The molecule has 0 aliphatic heterocycles. The van der Waals surface area contributed by atoms with E-state index in [1.807, 2.05) is 0 Å². The number of nitrogen functional groups attached to an aromatic ring is 1. The third-order valence-corrected chi connectivity index (χ3v) is 2.57. The van der Waals surface area contributed by atoms with Crippen LogP contribution in [0.2, 0.25) is 0 Å². The lowest BCUT2D eigenvalue weighted by molar-refractivity contribution is 0.0661. The lowest BCUT2D eigenvalue weighted by atomic mass is 10.4. The second kappa shape index (κ2) is 4.27. The molecular formula is C8H8N4O3S. The van der Waals surface area contributed by atoms with E-state index in [0.29, 0.717) is 16.7 Å². The van der Waals surface area contributed by atoms with E-state index in [0.717, 1.165) is 0 Å². The lowest BCUT2D eigenvalue weighted by Crippen LogP contribution is -1.91. The van der Waals surface area contributed by atoms with E-state index in [-0.39, 0.29) is 11.7 Å². The number of rotatable bonds is 4. The van der Waals surface area contributed by atoms with Gasteiger partial charge in [-0.25, -0.2) is 9.89 Å². The Kier molecular flexibility index (Phi) is 2.82. The molecule has 2 aromatic rings. The Morgan fingerprint density at radius 3 is 3.00 bits per heavy atom. The van der Waals surface area contributed by atoms with Crippen molar-refractivity contribution in [1.29, 1.82) is 0 Å². The summed E-state index contributed by atoms with van der Waals surface area (Å²) in [6, 6.07) is 3.01. The Morgan fingerprint density at radius 1 is 1.62 bits per heavy atom. The van der Waals surface area contributed by atoms with Gasteiger partial charge in [0.15, 0.2) is 0 Å². The molecule has 0 spiro atoms. The van der Waals surface area contributed by atoms with Gasteiger partial charge in [-0.15, -0.1) is 5.10 Å². The Labute approximate surface area is 94.0 Å². The second-order valence-corrected chi connectivity index (χ2v) is 3.81. The van der Waals surface area contributed by atoms with Gasteiger partial charge in [-0.05, 0) is 12.1 Å². The molecule has 2 heterocycles. The van der Waals surface area contributed by atoms with Crippen molar-refractivity contribution in [2.75, 3.05) is 5.73 Å². The number of thioether (sulfide) groups is 1. The topological polar surface area (TPSA) is 118 Å². The second-order valence-electron chi connectivity index (χ2n) is 2.86. The van der Waals surface area contributed by atoms with E-state index in [1.165, 1.54) is 17.8 Å². The van der Waals surface area contributed by atoms with Gasteiger partial charge in [0.05, 0.1) is 5.75 Å². The van der Waals surface area contributed by atoms with Crippen molar-refractivity contribution in [1.82, 2.24) is 15.2 Å². The zero-order chi connectivity index (χ0) is 11.5. The highest BCUT2D eigenvalue weighted by atomic mass is 32.2. The van der Waals surface area contributed by atoms with Gasteiger partial charge in [-0.1, -0.05) is 11.8 Å². The number of aromatic carboxylic acids is 1. The first-order valence-electron chi connectivity index (χ1n) is 4.28. The number of carbonyl (C=O) groups is 1. The molecule has 0 aromatic carbocycles. The predicted octanol–water partition coefficient (Wildman–Crippen LogP) is 0.970. The number of carboxylic acid groups (broad SMARTS) is 1. The Bertz CT molecular complexity index is 507. The summed E-state index contributed by atoms with van der Waals surface area (Å²) >= 11 is 1.30. The standard InChI is InChI=1S/C8H8N4O3S/c9-7-10-8(12-11-7)16-3-4-1-2-5(15-4)6(13)14/h1-2H,3H2,(H,13,14)(H3,9,10,11,12). The summed E-state index contributed by atoms with van der Waals surface area (Å²) < 4.78 is 5.06. The van der Waals surface area contributed by atoms with E-state index in [9.17, 15) is 4.79 Å². The van der Waals surface area contributed by atoms with Crippen molar-refractivity contribution in [3.63, 3.8) is 0 Å². The molecule has 2 aromatic heterocycles. The van der Waals surface area contributed by atoms with Crippen LogP contribution in [0.5, 0.6) is 0 Å². The first-order valence-corrected chi connectivity index (χ1v) is 5.26. The number of nitrogens with one attached hydrogen (secondary N) is 1. The summed E-state index contributed by atoms with van der Waals surface area (Å²) in [4.78, 5) is 14.4. The van der Waals surface area contributed by atoms with Gasteiger partial charge in [0.1, 0.15) is 5.76 Å². The average molecular weight is 240 g/mol. The molecule has 7 nitrogen and oxygen atoms in total. The maximum atomic E-state index is 10.5. The Morgan fingerprint density at radius 2 is 2.44 bits per heavy atom. The highest BCUT2D eigenvalue weighted by Crippen LogP contribution is 2.20. The van der Waals surface area contributed by atoms with Crippen molar-refractivity contribution < 1.29 is 14.3 Å². The smallest absolute Gasteiger partial charge is 0.371 e. The highest BCUT2D eigenvalue weighted by Gasteiger charge is 2.10. The molecule has 0 radical (unpaired) electrons. The molecule has 0 aliphatic rings. The molecule has 0 bridgehead atoms. The number of aromatic amines is 1. The van der Waals surface area contributed by atoms with Crippen LogP contribution in [0.1, 0.15) is 16.3 Å². The quantitative estimate of drug-likeness (QED) is 0.681. The number of furan rings is 1. The van der Waals surface area contributed by atoms with Crippen LogP contribution in [-0.4, -0.2) is 26.3 Å². The van der Waals surface area contributed by atoms with Crippen LogP contribution in [0.3, 0.4) is 0 Å². The molecule has 0 saturated carbocycles. The SMILES string of the molecule is Nc1nc(SCc2ccc(C(=O)O)o2)n[nH]1. The van der Waals surface area contributed by atoms with Gasteiger partial charge in [0.25, 0.3) is 0 Å². The maximum absolute atomic E-state index is 10.5. The van der Waals surface area contributed by atoms with Crippen molar-refractivity contribution in [3.05, 3.63) is 23.7 Å². The molecule has 0 unspecified atom stereocenters. The van der Waals surface area contributed by atoms with Crippen LogP contribution in [0, 0.1) is 0 Å². The minimum absolute atomic E-state index is 0.0786. The largest absolute Gasteiger partial charge is 0.475 e. The minimum Gasteiger partial charge on any atom is -0.475 e. The van der Waals surface area contributed by atoms with Gasteiger partial charge in [-0.2, -0.15) is 4.98 Å². The zero-order valence-electron chi connectivity index (χ0n) is 8.01. The number of H-pyrrole nitrogens is 1. The van der Waals surface area contributed by atoms with Crippen LogP contribution >= 0.6 is 11.8 Å². The number of hydrogen-bond donors (Lipinski definition) is 3. The molecule has 0 aliphatic carbocycles. The molecule has 16 heavy (non-hydrogen) atoms. The number of carboxylic acids is 1. The van der Waals surface area contributed by atoms with Gasteiger partial charge >= 0.3 is 5.97 Å². The molecule has 8 heteroatoms. The average Bonchev–Trinajstić information content (AvgIpc) is 2.83. The maximum Gasteiger partial charge on any atom is 0.371 e. The summed E-state index contributed by atoms with van der Waals surface area (Å²) in [6.07, 6.45) is 0. The third-order valence-electron chi connectivity index (χ3n) is 1.70. The number of nitrogens with zero attached hydrogens (tertiary/aromatic N) is 2. The molecule has 0 atom stereocenters. The lowest BCUT2D eigenvalue weighted by Gasteiger charge is -1.92. The van der Waals surface area contributed by atoms with Crippen LogP contribution in [0.15, 0.2) is 21.7 Å². The third kappa shape index (κ3) is 2.34. The van der Waals surface area contributed by atoms with Crippen LogP contribution in [0.25, 0.3) is 0 Å². The van der Waals surface area contributed by atoms with Gasteiger partial charge in [-0.3, -0.25) is 0 Å². The van der Waals surface area contributed by atoms with E-state index in [1.54, 1.807) is 6.07 Å². The van der Waals surface area contributed by atoms with Crippen molar-refractivity contribution >= 4 is 23.7 Å². The predicted molar refractivity (Wildman–Crippen MR) is 56.0 cm³/mol. The van der Waals surface area contributed by atoms with Gasteiger partial charge in [0, 0.05) is 0 Å². The molecule has 0 amide bonds. The summed E-state index contributed by atoms with van der Waals surface area (Å²) in [5.41, 5.74) is 5.35. The van der Waals surface area contributed by atoms with E-state index >= 15 is 0 Å². The normalized spacial score (nSPS) is 10.5. The Hall–Kier alpha value is -1.96. The van der Waals surface area contributed by atoms with E-state index in [2.05, 4.69) is 15.2 Å². The zero-order valence-corrected chi connectivity index (χ0v) is 8.82. The fourth-order valence-electron chi connectivity index (χ4n) is 1.03. The van der Waals surface area contributed by atoms with Crippen molar-refractivity contribution in [2.45, 2.75) is 10.9 Å². The minimum atomic E-state index is -1.08. The summed E-state index contributed by atoms with van der Waals surface area (Å²) in [7, 11) is 0.